The van der Waals surface area contributed by atoms with Gasteiger partial charge in [-0.05, 0) is 61.6 Å². The van der Waals surface area contributed by atoms with E-state index in [9.17, 15) is 9.59 Å². The second kappa shape index (κ2) is 8.48. The molecule has 0 unspecified atom stereocenters. The smallest absolute Gasteiger partial charge is 0.331 e. The molecule has 1 aromatic heterocycles. The summed E-state index contributed by atoms with van der Waals surface area (Å²) in [6.07, 6.45) is 2.10. The summed E-state index contributed by atoms with van der Waals surface area (Å²) < 4.78 is 10.4. The third kappa shape index (κ3) is 5.19. The Bertz CT molecular complexity index is 794. The molecule has 1 N–H and O–H groups in total. The molecule has 0 aliphatic rings. The predicted octanol–water partition coefficient (Wildman–Crippen LogP) is 3.96. The van der Waals surface area contributed by atoms with Crippen LogP contribution < -0.4 is 10.1 Å². The van der Waals surface area contributed by atoms with Crippen LogP contribution in [-0.4, -0.2) is 25.1 Å². The minimum absolute atomic E-state index is 0.419. The normalized spacial score (nSPS) is 12.0. The van der Waals surface area contributed by atoms with Crippen molar-refractivity contribution in [3.8, 4) is 5.75 Å². The van der Waals surface area contributed by atoms with E-state index in [1.807, 2.05) is 31.4 Å². The SMILES string of the molecule is COc1ccc(C)cc1NC(=O)[C@H](C)OC(=O)/C=C/c1sccc1C. The van der Waals surface area contributed by atoms with Crippen LogP contribution in [0.3, 0.4) is 0 Å². The summed E-state index contributed by atoms with van der Waals surface area (Å²) in [6.45, 7) is 5.41. The topological polar surface area (TPSA) is 64.6 Å². The lowest BCUT2D eigenvalue weighted by atomic mass is 10.2. The van der Waals surface area contributed by atoms with Gasteiger partial charge in [-0.25, -0.2) is 4.79 Å². The quantitative estimate of drug-likeness (QED) is 0.626. The lowest BCUT2D eigenvalue weighted by Gasteiger charge is -2.15. The number of hydrogen-bond acceptors (Lipinski definition) is 5. The van der Waals surface area contributed by atoms with Gasteiger partial charge in [0.1, 0.15) is 5.75 Å². The molecule has 1 amide bonds. The molecular formula is C19H21NO4S. The highest BCUT2D eigenvalue weighted by atomic mass is 32.1. The lowest BCUT2D eigenvalue weighted by Crippen LogP contribution is -2.29. The number of hydrogen-bond donors (Lipinski definition) is 1. The monoisotopic (exact) mass is 359 g/mol. The molecule has 1 aromatic carbocycles. The Labute approximate surface area is 151 Å². The average molecular weight is 359 g/mol. The number of rotatable bonds is 6. The third-order valence-electron chi connectivity index (χ3n) is 3.55. The maximum absolute atomic E-state index is 12.2. The average Bonchev–Trinajstić information content (AvgIpc) is 2.98. The van der Waals surface area contributed by atoms with Gasteiger partial charge in [0.05, 0.1) is 12.8 Å². The number of benzene rings is 1. The molecule has 6 heteroatoms. The molecule has 0 saturated carbocycles. The van der Waals surface area contributed by atoms with E-state index in [4.69, 9.17) is 9.47 Å². The molecule has 0 spiro atoms. The van der Waals surface area contributed by atoms with Gasteiger partial charge in [-0.15, -0.1) is 11.3 Å². The molecule has 1 heterocycles. The van der Waals surface area contributed by atoms with Gasteiger partial charge in [0.15, 0.2) is 6.10 Å². The van der Waals surface area contributed by atoms with Crippen LogP contribution in [0.1, 0.15) is 22.9 Å². The van der Waals surface area contributed by atoms with Gasteiger partial charge in [-0.1, -0.05) is 6.07 Å². The zero-order valence-electron chi connectivity index (χ0n) is 14.7. The number of aryl methyl sites for hydroxylation is 2. The molecule has 2 rings (SSSR count). The molecule has 0 fully saturated rings. The Kier molecular flexibility index (Phi) is 6.36. The molecule has 0 radical (unpaired) electrons. The van der Waals surface area contributed by atoms with Gasteiger partial charge in [0.25, 0.3) is 5.91 Å². The highest BCUT2D eigenvalue weighted by Crippen LogP contribution is 2.25. The Morgan fingerprint density at radius 1 is 1.24 bits per heavy atom. The first kappa shape index (κ1) is 18.7. The van der Waals surface area contributed by atoms with Crippen LogP contribution in [0, 0.1) is 13.8 Å². The summed E-state index contributed by atoms with van der Waals surface area (Å²) in [5.74, 6) is -0.435. The van der Waals surface area contributed by atoms with Crippen molar-refractivity contribution in [2.75, 3.05) is 12.4 Å². The number of amides is 1. The largest absolute Gasteiger partial charge is 0.495 e. The van der Waals surface area contributed by atoms with Crippen molar-refractivity contribution in [2.24, 2.45) is 0 Å². The number of nitrogens with one attached hydrogen (secondary N) is 1. The number of esters is 1. The van der Waals surface area contributed by atoms with Crippen LogP contribution >= 0.6 is 11.3 Å². The molecule has 0 bridgehead atoms. The van der Waals surface area contributed by atoms with Crippen LogP contribution in [0.15, 0.2) is 35.7 Å². The molecule has 1 atom stereocenters. The van der Waals surface area contributed by atoms with E-state index in [1.165, 1.54) is 31.4 Å². The van der Waals surface area contributed by atoms with Crippen molar-refractivity contribution in [3.05, 3.63) is 51.7 Å². The van der Waals surface area contributed by atoms with E-state index in [2.05, 4.69) is 5.32 Å². The van der Waals surface area contributed by atoms with Gasteiger partial charge in [0.2, 0.25) is 0 Å². The first-order valence-electron chi connectivity index (χ1n) is 7.79. The minimum Gasteiger partial charge on any atom is -0.495 e. The maximum Gasteiger partial charge on any atom is 0.331 e. The summed E-state index contributed by atoms with van der Waals surface area (Å²) in [4.78, 5) is 25.1. The second-order valence-corrected chi connectivity index (χ2v) is 6.52. The van der Waals surface area contributed by atoms with E-state index in [0.29, 0.717) is 11.4 Å². The number of thiophene rings is 1. The van der Waals surface area contributed by atoms with Gasteiger partial charge in [0, 0.05) is 11.0 Å². The molecule has 132 valence electrons. The Balaban J connectivity index is 1.96. The third-order valence-corrected chi connectivity index (χ3v) is 4.53. The van der Waals surface area contributed by atoms with E-state index < -0.39 is 18.0 Å². The first-order chi connectivity index (χ1) is 11.9. The van der Waals surface area contributed by atoms with Crippen molar-refractivity contribution in [1.82, 2.24) is 0 Å². The van der Waals surface area contributed by atoms with Gasteiger partial charge in [-0.2, -0.15) is 0 Å². The van der Waals surface area contributed by atoms with Gasteiger partial charge in [-0.3, -0.25) is 4.79 Å². The van der Waals surface area contributed by atoms with Crippen LogP contribution in [-0.2, 0) is 14.3 Å². The summed E-state index contributed by atoms with van der Waals surface area (Å²) in [5.41, 5.74) is 2.61. The van der Waals surface area contributed by atoms with Crippen molar-refractivity contribution >= 4 is 35.0 Å². The Morgan fingerprint density at radius 2 is 2.00 bits per heavy atom. The Morgan fingerprint density at radius 3 is 2.64 bits per heavy atom. The standard InChI is InChI=1S/C19H21NO4S/c1-12-5-6-16(23-4)15(11-12)20-19(22)14(3)24-18(21)8-7-17-13(2)9-10-25-17/h5-11,14H,1-4H3,(H,20,22)/b8-7+/t14-/m0/s1. The zero-order valence-corrected chi connectivity index (χ0v) is 15.5. The summed E-state index contributed by atoms with van der Waals surface area (Å²) in [6, 6.07) is 7.43. The molecular weight excluding hydrogens is 338 g/mol. The summed E-state index contributed by atoms with van der Waals surface area (Å²) >= 11 is 1.54. The fourth-order valence-electron chi connectivity index (χ4n) is 2.12. The number of carbonyl (C=O) groups is 2. The number of anilines is 1. The summed E-state index contributed by atoms with van der Waals surface area (Å²) in [7, 11) is 1.53. The molecule has 25 heavy (non-hydrogen) atoms. The van der Waals surface area contributed by atoms with E-state index >= 15 is 0 Å². The molecule has 0 aliphatic heterocycles. The predicted molar refractivity (Wildman–Crippen MR) is 100 cm³/mol. The van der Waals surface area contributed by atoms with E-state index in [0.717, 1.165) is 16.0 Å². The fourth-order valence-corrected chi connectivity index (χ4v) is 2.94. The Hall–Kier alpha value is -2.60. The number of ether oxygens (including phenoxy) is 2. The van der Waals surface area contributed by atoms with Crippen LogP contribution in [0.4, 0.5) is 5.69 Å². The highest BCUT2D eigenvalue weighted by molar-refractivity contribution is 7.11. The van der Waals surface area contributed by atoms with Crippen molar-refractivity contribution in [3.63, 3.8) is 0 Å². The van der Waals surface area contributed by atoms with E-state index in [1.54, 1.807) is 18.2 Å². The van der Waals surface area contributed by atoms with Crippen molar-refractivity contribution < 1.29 is 19.1 Å². The summed E-state index contributed by atoms with van der Waals surface area (Å²) in [5, 5.41) is 4.67. The van der Waals surface area contributed by atoms with Gasteiger partial charge < -0.3 is 14.8 Å². The van der Waals surface area contributed by atoms with E-state index in [-0.39, 0.29) is 0 Å². The van der Waals surface area contributed by atoms with Crippen LogP contribution in [0.2, 0.25) is 0 Å². The fraction of sp³-hybridized carbons (Fsp3) is 0.263. The van der Waals surface area contributed by atoms with Crippen molar-refractivity contribution in [2.45, 2.75) is 26.9 Å². The first-order valence-corrected chi connectivity index (χ1v) is 8.67. The van der Waals surface area contributed by atoms with Gasteiger partial charge >= 0.3 is 5.97 Å². The molecule has 0 saturated heterocycles. The number of carbonyl (C=O) groups excluding carboxylic acids is 2. The van der Waals surface area contributed by atoms with Crippen molar-refractivity contribution in [1.29, 1.82) is 0 Å². The zero-order chi connectivity index (χ0) is 18.4. The molecule has 2 aromatic rings. The second-order valence-electron chi connectivity index (χ2n) is 5.57. The minimum atomic E-state index is -0.924. The lowest BCUT2D eigenvalue weighted by molar-refractivity contribution is -0.148. The van der Waals surface area contributed by atoms with Crippen LogP contribution in [0.5, 0.6) is 5.75 Å². The molecule has 5 nitrogen and oxygen atoms in total. The maximum atomic E-state index is 12.2. The number of methoxy groups -OCH3 is 1. The highest BCUT2D eigenvalue weighted by Gasteiger charge is 2.18. The molecule has 0 aliphatic carbocycles. The van der Waals surface area contributed by atoms with Crippen LogP contribution in [0.25, 0.3) is 6.08 Å².